The van der Waals surface area contributed by atoms with Crippen molar-refractivity contribution in [2.45, 2.75) is 19.9 Å². The zero-order chi connectivity index (χ0) is 25.3. The van der Waals surface area contributed by atoms with E-state index in [1.165, 1.54) is 11.8 Å². The largest absolute Gasteiger partial charge is 0.507 e. The molecule has 4 rings (SSSR count). The minimum atomic E-state index is -0.997. The summed E-state index contributed by atoms with van der Waals surface area (Å²) in [7, 11) is 0. The van der Waals surface area contributed by atoms with E-state index >= 15 is 0 Å². The number of carbonyl (C=O) groups is 3. The van der Waals surface area contributed by atoms with Crippen LogP contribution in [-0.2, 0) is 9.59 Å². The number of aliphatic hydroxyl groups excluding tert-OH is 1. The molecule has 0 saturated carbocycles. The van der Waals surface area contributed by atoms with Crippen LogP contribution in [0.5, 0.6) is 5.75 Å². The van der Waals surface area contributed by atoms with Gasteiger partial charge in [-0.2, -0.15) is 0 Å². The molecule has 9 heteroatoms. The highest BCUT2D eigenvalue weighted by Gasteiger charge is 2.48. The number of rotatable bonds is 7. The first-order valence-corrected chi connectivity index (χ1v) is 11.8. The van der Waals surface area contributed by atoms with E-state index in [0.717, 1.165) is 11.3 Å². The number of carbonyl (C=O) groups excluding carboxylic acids is 3. The number of thiazole rings is 1. The van der Waals surface area contributed by atoms with Crippen molar-refractivity contribution in [1.29, 1.82) is 0 Å². The molecule has 35 heavy (non-hydrogen) atoms. The maximum atomic E-state index is 13.3. The molecule has 1 unspecified atom stereocenters. The van der Waals surface area contributed by atoms with E-state index in [2.05, 4.69) is 11.6 Å². The minimum absolute atomic E-state index is 0.101. The van der Waals surface area contributed by atoms with Gasteiger partial charge in [-0.1, -0.05) is 47.7 Å². The van der Waals surface area contributed by atoms with E-state index in [0.29, 0.717) is 32.5 Å². The molecule has 1 saturated heterocycles. The first-order chi connectivity index (χ1) is 16.7. The van der Waals surface area contributed by atoms with Crippen molar-refractivity contribution in [3.05, 3.63) is 93.5 Å². The summed E-state index contributed by atoms with van der Waals surface area (Å²) in [5.74, 6) is -1.76. The number of ether oxygens (including phenoxy) is 1. The highest BCUT2D eigenvalue weighted by molar-refractivity contribution is 7.18. The minimum Gasteiger partial charge on any atom is -0.507 e. The Morgan fingerprint density at radius 2 is 1.97 bits per heavy atom. The van der Waals surface area contributed by atoms with Crippen LogP contribution in [0.2, 0.25) is 5.02 Å². The number of hydrogen-bond donors (Lipinski definition) is 1. The molecular formula is C26H21ClN2O5S. The maximum absolute atomic E-state index is 13.3. The number of anilines is 1. The third-order valence-corrected chi connectivity index (χ3v) is 6.92. The van der Waals surface area contributed by atoms with Crippen LogP contribution in [-0.4, -0.2) is 34.2 Å². The van der Waals surface area contributed by atoms with Crippen molar-refractivity contribution < 1.29 is 24.2 Å². The molecule has 0 bridgehead atoms. The van der Waals surface area contributed by atoms with Crippen LogP contribution in [0.15, 0.2) is 66.8 Å². The van der Waals surface area contributed by atoms with Gasteiger partial charge in [0.15, 0.2) is 10.9 Å². The average Bonchev–Trinajstić information content (AvgIpc) is 3.35. The van der Waals surface area contributed by atoms with Crippen LogP contribution < -0.4 is 9.64 Å². The van der Waals surface area contributed by atoms with Crippen LogP contribution in [0.4, 0.5) is 5.13 Å². The van der Waals surface area contributed by atoms with Crippen molar-refractivity contribution in [2.75, 3.05) is 11.5 Å². The highest BCUT2D eigenvalue weighted by Crippen LogP contribution is 2.44. The van der Waals surface area contributed by atoms with Gasteiger partial charge in [0.2, 0.25) is 0 Å². The van der Waals surface area contributed by atoms with E-state index in [4.69, 9.17) is 16.3 Å². The number of aliphatic hydroxyl groups is 1. The zero-order valence-corrected chi connectivity index (χ0v) is 20.5. The summed E-state index contributed by atoms with van der Waals surface area (Å²) in [5.41, 5.74) is 1.21. The summed E-state index contributed by atoms with van der Waals surface area (Å²) in [6.45, 7) is 6.99. The Labute approximate surface area is 210 Å². The molecular weight excluding hydrogens is 488 g/mol. The van der Waals surface area contributed by atoms with Crippen molar-refractivity contribution in [2.24, 2.45) is 0 Å². The van der Waals surface area contributed by atoms with Gasteiger partial charge in [0.1, 0.15) is 18.1 Å². The average molecular weight is 509 g/mol. The first-order valence-electron chi connectivity index (χ1n) is 10.6. The molecule has 2 heterocycles. The number of aromatic nitrogens is 1. The standard InChI is InChI=1S/C26H21ClN2O5S/c1-4-12-34-19-7-5-6-17(13-19)21-20(22(31)16-8-10-18(27)11-9-16)23(32)25(33)29(21)26-28-14(2)24(35-26)15(3)30/h4-11,13,21,31H,1,12H2,2-3H3. The smallest absolute Gasteiger partial charge is 0.301 e. The summed E-state index contributed by atoms with van der Waals surface area (Å²) in [4.78, 5) is 44.6. The summed E-state index contributed by atoms with van der Waals surface area (Å²) in [5, 5.41) is 11.8. The molecule has 2 aromatic carbocycles. The van der Waals surface area contributed by atoms with E-state index in [-0.39, 0.29) is 28.9 Å². The van der Waals surface area contributed by atoms with Gasteiger partial charge in [-0.25, -0.2) is 4.98 Å². The van der Waals surface area contributed by atoms with Crippen LogP contribution in [0.1, 0.15) is 39.5 Å². The second-order valence-corrected chi connectivity index (χ2v) is 9.23. The van der Waals surface area contributed by atoms with Crippen LogP contribution in [0.25, 0.3) is 5.76 Å². The Morgan fingerprint density at radius 1 is 1.26 bits per heavy atom. The van der Waals surface area contributed by atoms with Crippen molar-refractivity contribution >= 4 is 51.3 Å². The van der Waals surface area contributed by atoms with Gasteiger partial charge in [-0.3, -0.25) is 19.3 Å². The number of ketones is 2. The van der Waals surface area contributed by atoms with Gasteiger partial charge in [-0.15, -0.1) is 0 Å². The van der Waals surface area contributed by atoms with E-state index < -0.39 is 17.7 Å². The molecule has 178 valence electrons. The number of aryl methyl sites for hydroxylation is 1. The Morgan fingerprint density at radius 3 is 2.60 bits per heavy atom. The molecule has 1 aromatic heterocycles. The van der Waals surface area contributed by atoms with Crippen LogP contribution in [0.3, 0.4) is 0 Å². The van der Waals surface area contributed by atoms with E-state index in [9.17, 15) is 19.5 Å². The van der Waals surface area contributed by atoms with Gasteiger partial charge < -0.3 is 9.84 Å². The topological polar surface area (TPSA) is 96.8 Å². The number of nitrogens with zero attached hydrogens (tertiary/aromatic N) is 2. The number of amides is 1. The molecule has 0 spiro atoms. The SMILES string of the molecule is C=CCOc1cccc(C2C(=C(O)c3ccc(Cl)cc3)C(=O)C(=O)N2c2nc(C)c(C(C)=O)s2)c1. The first kappa shape index (κ1) is 24.4. The lowest BCUT2D eigenvalue weighted by Gasteiger charge is -2.23. The normalized spacial score (nSPS) is 17.0. The van der Waals surface area contributed by atoms with Gasteiger partial charge >= 0.3 is 5.91 Å². The predicted molar refractivity (Wildman–Crippen MR) is 135 cm³/mol. The third-order valence-electron chi connectivity index (χ3n) is 5.41. The van der Waals surface area contributed by atoms with Gasteiger partial charge in [0.05, 0.1) is 22.2 Å². The fourth-order valence-corrected chi connectivity index (χ4v) is 4.96. The Kier molecular flexibility index (Phi) is 6.86. The van der Waals surface area contributed by atoms with Gasteiger partial charge in [0, 0.05) is 17.5 Å². The lowest BCUT2D eigenvalue weighted by Crippen LogP contribution is -2.29. The lowest BCUT2D eigenvalue weighted by atomic mass is 9.95. The number of Topliss-reactive ketones (excluding diaryl/α,β-unsaturated/α-hetero) is 2. The lowest BCUT2D eigenvalue weighted by molar-refractivity contribution is -0.132. The zero-order valence-electron chi connectivity index (χ0n) is 18.9. The second-order valence-electron chi connectivity index (χ2n) is 7.82. The van der Waals surface area contributed by atoms with Crippen molar-refractivity contribution in [3.8, 4) is 5.75 Å². The quantitative estimate of drug-likeness (QED) is 0.149. The molecule has 1 fully saturated rings. The van der Waals surface area contributed by atoms with Gasteiger partial charge in [-0.05, 0) is 48.9 Å². The second kappa shape index (κ2) is 9.85. The molecule has 0 radical (unpaired) electrons. The molecule has 3 aromatic rings. The van der Waals surface area contributed by atoms with Crippen molar-refractivity contribution in [1.82, 2.24) is 4.98 Å². The Balaban J connectivity index is 1.93. The predicted octanol–water partition coefficient (Wildman–Crippen LogP) is 5.50. The van der Waals surface area contributed by atoms with Crippen molar-refractivity contribution in [3.63, 3.8) is 0 Å². The summed E-state index contributed by atoms with van der Waals surface area (Å²) in [6, 6.07) is 12.2. The van der Waals surface area contributed by atoms with Gasteiger partial charge in [0.25, 0.3) is 5.78 Å². The van der Waals surface area contributed by atoms with E-state index in [1.807, 2.05) is 0 Å². The number of halogens is 1. The molecule has 1 aliphatic rings. The van der Waals surface area contributed by atoms with Crippen LogP contribution >= 0.6 is 22.9 Å². The fourth-order valence-electron chi connectivity index (χ4n) is 3.85. The maximum Gasteiger partial charge on any atom is 0.301 e. The molecule has 7 nitrogen and oxygen atoms in total. The molecule has 1 aliphatic heterocycles. The summed E-state index contributed by atoms with van der Waals surface area (Å²) < 4.78 is 5.64. The Bertz CT molecular complexity index is 1380. The summed E-state index contributed by atoms with van der Waals surface area (Å²) >= 11 is 7.00. The third kappa shape index (κ3) is 4.62. The highest BCUT2D eigenvalue weighted by atomic mass is 35.5. The number of hydrogen-bond acceptors (Lipinski definition) is 7. The Hall–Kier alpha value is -3.75. The van der Waals surface area contributed by atoms with Crippen LogP contribution in [0, 0.1) is 6.92 Å². The van der Waals surface area contributed by atoms with E-state index in [1.54, 1.807) is 61.5 Å². The molecule has 0 aliphatic carbocycles. The molecule has 1 amide bonds. The molecule has 1 atom stereocenters. The number of benzene rings is 2. The monoisotopic (exact) mass is 508 g/mol. The fraction of sp³-hybridized carbons (Fsp3) is 0.154. The molecule has 1 N–H and O–H groups in total. The summed E-state index contributed by atoms with van der Waals surface area (Å²) in [6.07, 6.45) is 1.60.